The minimum absolute atomic E-state index is 0.246. The molecule has 2 heterocycles. The van der Waals surface area contributed by atoms with E-state index in [9.17, 15) is 4.79 Å². The molecule has 1 aromatic rings. The molecular weight excluding hydrogens is 258 g/mol. The Morgan fingerprint density at radius 2 is 2.10 bits per heavy atom. The summed E-state index contributed by atoms with van der Waals surface area (Å²) in [5.74, 6) is -0.0922. The maximum absolute atomic E-state index is 12.3. The second-order valence-corrected chi connectivity index (χ2v) is 5.45. The molecule has 0 fully saturated rings. The van der Waals surface area contributed by atoms with Crippen molar-refractivity contribution in [1.82, 2.24) is 10.4 Å². The predicted octanol–water partition coefficient (Wildman–Crippen LogP) is 1.69. The molecule has 108 valence electrons. The summed E-state index contributed by atoms with van der Waals surface area (Å²) in [6, 6.07) is 3.71. The monoisotopic (exact) mass is 277 g/mol. The van der Waals surface area contributed by atoms with Gasteiger partial charge in [-0.1, -0.05) is 0 Å². The lowest BCUT2D eigenvalue weighted by Crippen LogP contribution is -2.42. The fourth-order valence-electron chi connectivity index (χ4n) is 1.91. The van der Waals surface area contributed by atoms with Gasteiger partial charge in [-0.15, -0.1) is 0 Å². The number of methoxy groups -OCH3 is 1. The van der Waals surface area contributed by atoms with Crippen molar-refractivity contribution < 1.29 is 14.3 Å². The number of aromatic nitrogens is 1. The van der Waals surface area contributed by atoms with Gasteiger partial charge in [0.05, 0.1) is 12.8 Å². The van der Waals surface area contributed by atoms with Crippen molar-refractivity contribution in [2.24, 2.45) is 0 Å². The molecule has 1 aromatic heterocycles. The van der Waals surface area contributed by atoms with Gasteiger partial charge in [0.15, 0.2) is 11.5 Å². The van der Waals surface area contributed by atoms with E-state index in [1.54, 1.807) is 18.3 Å². The minimum atomic E-state index is -0.576. The third kappa shape index (κ3) is 2.68. The molecule has 2 rings (SSSR count). The third-order valence-electron chi connectivity index (χ3n) is 2.68. The van der Waals surface area contributed by atoms with Crippen LogP contribution in [0.15, 0.2) is 24.0 Å². The number of hydrogen-bond donors (Lipinski definition) is 1. The van der Waals surface area contributed by atoms with Crippen molar-refractivity contribution in [3.8, 4) is 0 Å². The van der Waals surface area contributed by atoms with E-state index >= 15 is 0 Å². The average molecular weight is 277 g/mol. The highest BCUT2D eigenvalue weighted by atomic mass is 16.6. The SMILES string of the molecule is COC1=C(C(=O)OC(C)(C)C)NN(C)c2cccnc21. The van der Waals surface area contributed by atoms with Crippen LogP contribution in [0.2, 0.25) is 0 Å². The first-order valence-electron chi connectivity index (χ1n) is 6.31. The van der Waals surface area contributed by atoms with E-state index in [1.807, 2.05) is 32.9 Å². The predicted molar refractivity (Wildman–Crippen MR) is 75.5 cm³/mol. The molecule has 6 nitrogen and oxygen atoms in total. The van der Waals surface area contributed by atoms with Crippen molar-refractivity contribution >= 4 is 17.4 Å². The Bertz CT molecular complexity index is 561. The molecule has 0 bridgehead atoms. The molecule has 0 atom stereocenters. The summed E-state index contributed by atoms with van der Waals surface area (Å²) >= 11 is 0. The Kier molecular flexibility index (Phi) is 3.57. The van der Waals surface area contributed by atoms with Gasteiger partial charge in [-0.3, -0.25) is 15.4 Å². The fourth-order valence-corrected chi connectivity index (χ4v) is 1.91. The number of rotatable bonds is 2. The highest BCUT2D eigenvalue weighted by molar-refractivity contribution is 5.98. The number of fused-ring (bicyclic) bond motifs is 1. The number of esters is 1. The second kappa shape index (κ2) is 5.03. The lowest BCUT2D eigenvalue weighted by molar-refractivity contribution is -0.150. The van der Waals surface area contributed by atoms with Crippen LogP contribution in [0.25, 0.3) is 5.76 Å². The van der Waals surface area contributed by atoms with Crippen LogP contribution in [-0.4, -0.2) is 30.7 Å². The number of nitrogens with one attached hydrogen (secondary N) is 1. The van der Waals surface area contributed by atoms with Gasteiger partial charge in [0.2, 0.25) is 0 Å². The zero-order chi connectivity index (χ0) is 14.9. The van der Waals surface area contributed by atoms with Gasteiger partial charge >= 0.3 is 5.97 Å². The van der Waals surface area contributed by atoms with Gasteiger partial charge in [0, 0.05) is 13.2 Å². The summed E-state index contributed by atoms with van der Waals surface area (Å²) in [7, 11) is 3.31. The Labute approximate surface area is 118 Å². The van der Waals surface area contributed by atoms with Crippen LogP contribution in [0, 0.1) is 0 Å². The molecule has 1 N–H and O–H groups in total. The average Bonchev–Trinajstić information content (AvgIpc) is 2.36. The van der Waals surface area contributed by atoms with Crippen molar-refractivity contribution in [2.45, 2.75) is 26.4 Å². The van der Waals surface area contributed by atoms with Crippen LogP contribution < -0.4 is 10.4 Å². The van der Waals surface area contributed by atoms with Crippen molar-refractivity contribution in [3.05, 3.63) is 29.7 Å². The van der Waals surface area contributed by atoms with Crippen LogP contribution in [-0.2, 0) is 14.3 Å². The first-order valence-corrected chi connectivity index (χ1v) is 6.31. The third-order valence-corrected chi connectivity index (χ3v) is 2.68. The number of carbonyl (C=O) groups is 1. The highest BCUT2D eigenvalue weighted by Crippen LogP contribution is 2.31. The summed E-state index contributed by atoms with van der Waals surface area (Å²) in [6.07, 6.45) is 1.66. The Hall–Kier alpha value is -2.24. The molecule has 0 saturated carbocycles. The lowest BCUT2D eigenvalue weighted by atomic mass is 10.1. The zero-order valence-electron chi connectivity index (χ0n) is 12.4. The Morgan fingerprint density at radius 1 is 1.40 bits per heavy atom. The molecule has 20 heavy (non-hydrogen) atoms. The fraction of sp³-hybridized carbons (Fsp3) is 0.429. The Balaban J connectivity index is 2.46. The molecule has 1 aliphatic rings. The largest absolute Gasteiger partial charge is 0.492 e. The maximum Gasteiger partial charge on any atom is 0.360 e. The first-order chi connectivity index (χ1) is 9.33. The normalized spacial score (nSPS) is 14.6. The summed E-state index contributed by atoms with van der Waals surface area (Å²) in [4.78, 5) is 16.5. The number of hydrogen-bond acceptors (Lipinski definition) is 6. The van der Waals surface area contributed by atoms with Gasteiger partial charge in [0.25, 0.3) is 0 Å². The smallest absolute Gasteiger partial charge is 0.360 e. The van der Waals surface area contributed by atoms with Gasteiger partial charge < -0.3 is 9.47 Å². The quantitative estimate of drug-likeness (QED) is 0.830. The van der Waals surface area contributed by atoms with E-state index in [1.165, 1.54) is 7.11 Å². The topological polar surface area (TPSA) is 63.7 Å². The van der Waals surface area contributed by atoms with Gasteiger partial charge in [-0.2, -0.15) is 0 Å². The summed E-state index contributed by atoms with van der Waals surface area (Å²) in [6.45, 7) is 5.45. The van der Waals surface area contributed by atoms with Gasteiger partial charge in [-0.05, 0) is 32.9 Å². The minimum Gasteiger partial charge on any atom is -0.492 e. The van der Waals surface area contributed by atoms with Crippen LogP contribution in [0.5, 0.6) is 0 Å². The number of carbonyl (C=O) groups excluding carboxylic acids is 1. The summed E-state index contributed by atoms with van der Waals surface area (Å²) in [5.41, 5.74) is 4.08. The van der Waals surface area contributed by atoms with E-state index in [2.05, 4.69) is 10.4 Å². The molecule has 0 radical (unpaired) electrons. The van der Waals surface area contributed by atoms with E-state index in [0.717, 1.165) is 5.69 Å². The number of pyridine rings is 1. The lowest BCUT2D eigenvalue weighted by Gasteiger charge is -2.31. The molecule has 0 unspecified atom stereocenters. The number of hydrazine groups is 1. The van der Waals surface area contributed by atoms with Crippen LogP contribution in [0.3, 0.4) is 0 Å². The number of anilines is 1. The van der Waals surface area contributed by atoms with Crippen molar-refractivity contribution in [2.75, 3.05) is 19.2 Å². The van der Waals surface area contributed by atoms with Crippen LogP contribution in [0.4, 0.5) is 5.69 Å². The van der Waals surface area contributed by atoms with Gasteiger partial charge in [0.1, 0.15) is 11.3 Å². The molecular formula is C14H19N3O3. The molecule has 1 aliphatic heterocycles. The maximum atomic E-state index is 12.3. The first kappa shape index (κ1) is 14.2. The number of ether oxygens (including phenoxy) is 2. The molecule has 0 saturated heterocycles. The number of nitrogens with zero attached hydrogens (tertiary/aromatic N) is 2. The van der Waals surface area contributed by atoms with Crippen LogP contribution >= 0.6 is 0 Å². The van der Waals surface area contributed by atoms with Crippen molar-refractivity contribution in [1.29, 1.82) is 0 Å². The molecule has 0 aromatic carbocycles. The zero-order valence-corrected chi connectivity index (χ0v) is 12.4. The van der Waals surface area contributed by atoms with E-state index in [0.29, 0.717) is 11.5 Å². The molecule has 6 heteroatoms. The van der Waals surface area contributed by atoms with Crippen molar-refractivity contribution in [3.63, 3.8) is 0 Å². The molecule has 0 aliphatic carbocycles. The molecule has 0 amide bonds. The summed E-state index contributed by atoms with van der Waals surface area (Å²) in [5, 5.41) is 1.71. The van der Waals surface area contributed by atoms with Gasteiger partial charge in [-0.25, -0.2) is 4.79 Å². The standard InChI is InChI=1S/C14H19N3O3/c1-14(2,3)20-13(18)11-12(19-5)10-9(17(4)16-11)7-6-8-15-10/h6-8,16H,1-5H3. The Morgan fingerprint density at radius 3 is 2.70 bits per heavy atom. The highest BCUT2D eigenvalue weighted by Gasteiger charge is 2.31. The van der Waals surface area contributed by atoms with Crippen LogP contribution in [0.1, 0.15) is 26.5 Å². The summed E-state index contributed by atoms with van der Waals surface area (Å²) < 4.78 is 10.7. The van der Waals surface area contributed by atoms with E-state index in [4.69, 9.17) is 9.47 Å². The van der Waals surface area contributed by atoms with E-state index in [-0.39, 0.29) is 5.70 Å². The second-order valence-electron chi connectivity index (χ2n) is 5.45. The van der Waals surface area contributed by atoms with E-state index < -0.39 is 11.6 Å². The molecule has 0 spiro atoms.